The van der Waals surface area contributed by atoms with Crippen molar-refractivity contribution in [3.05, 3.63) is 108 Å². The molecule has 1 saturated heterocycles. The fourth-order valence-electron chi connectivity index (χ4n) is 3.82. The van der Waals surface area contributed by atoms with Crippen molar-refractivity contribution in [2.75, 3.05) is 13.1 Å². The van der Waals surface area contributed by atoms with E-state index in [-0.39, 0.29) is 9.20 Å². The summed E-state index contributed by atoms with van der Waals surface area (Å²) in [6, 6.07) is 23.5. The molecule has 0 radical (unpaired) electrons. The molecule has 38 heavy (non-hydrogen) atoms. The maximum absolute atomic E-state index is 13.5. The molecule has 0 saturated carbocycles. The third-order valence-corrected chi connectivity index (χ3v) is 7.54. The van der Waals surface area contributed by atoms with Crippen molar-refractivity contribution in [3.63, 3.8) is 0 Å². The Labute approximate surface area is 222 Å². The number of hydrogen-bond donors (Lipinski definition) is 0. The number of imide groups is 1. The van der Waals surface area contributed by atoms with Gasteiger partial charge in [-0.05, 0) is 66.8 Å². The van der Waals surface area contributed by atoms with Gasteiger partial charge in [0.05, 0.1) is 10.6 Å². The lowest BCUT2D eigenvalue weighted by Crippen LogP contribution is -2.39. The first kappa shape index (κ1) is 26.7. The lowest BCUT2D eigenvalue weighted by Gasteiger charge is -2.21. The Kier molecular flexibility index (Phi) is 8.94. The van der Waals surface area contributed by atoms with Gasteiger partial charge >= 0.3 is 0 Å². The quantitative estimate of drug-likeness (QED) is 0.278. The van der Waals surface area contributed by atoms with Crippen molar-refractivity contribution in [2.24, 2.45) is 10.3 Å². The summed E-state index contributed by atoms with van der Waals surface area (Å²) in [6.45, 7) is 1.67. The van der Waals surface area contributed by atoms with Gasteiger partial charge in [-0.1, -0.05) is 65.9 Å². The number of hydrogen-bond acceptors (Lipinski definition) is 6. The van der Waals surface area contributed by atoms with Crippen molar-refractivity contribution < 1.29 is 18.0 Å². The average molecular weight is 529 g/mol. The van der Waals surface area contributed by atoms with Crippen LogP contribution in [0.25, 0.3) is 12.2 Å². The minimum atomic E-state index is -4.51. The smallest absolute Gasteiger partial charge is 0.273 e. The van der Waals surface area contributed by atoms with E-state index in [0.717, 1.165) is 38.1 Å². The molecule has 0 unspecified atom stereocenters. The monoisotopic (exact) mass is 528 g/mol. The van der Waals surface area contributed by atoms with Gasteiger partial charge in [0.1, 0.15) is 0 Å². The first-order valence-electron chi connectivity index (χ1n) is 12.3. The first-order valence-corrected chi connectivity index (χ1v) is 13.7. The summed E-state index contributed by atoms with van der Waals surface area (Å²) in [5.41, 5.74) is 1.84. The number of carbonyl (C=O) groups is 2. The van der Waals surface area contributed by atoms with Gasteiger partial charge < -0.3 is 0 Å². The standard InChI is InChI=1S/C29H28N4O4S/c34-28(20-14-24-10-4-1-5-11-24)33(29(35)21-15-25-12-6-2-7-13-25)38(36,37)27-18-16-26(17-19-27)30-31-32-22-8-3-9-23-32/h1-2,4-7,10-21H,3,8-9,22-23H2/b20-14-,21-15+,31-30?. The van der Waals surface area contributed by atoms with E-state index < -0.39 is 21.8 Å². The van der Waals surface area contributed by atoms with Gasteiger partial charge in [-0.3, -0.25) is 14.6 Å². The molecule has 194 valence electrons. The summed E-state index contributed by atoms with van der Waals surface area (Å²) >= 11 is 0. The van der Waals surface area contributed by atoms with Crippen molar-refractivity contribution >= 4 is 39.7 Å². The van der Waals surface area contributed by atoms with Crippen molar-refractivity contribution in [3.8, 4) is 0 Å². The molecule has 9 heteroatoms. The molecule has 1 aliphatic heterocycles. The minimum Gasteiger partial charge on any atom is -0.278 e. The number of nitrogens with zero attached hydrogens (tertiary/aromatic N) is 4. The number of amides is 2. The maximum Gasteiger partial charge on any atom is 0.273 e. The number of rotatable bonds is 8. The van der Waals surface area contributed by atoms with E-state index in [1.807, 2.05) is 17.1 Å². The van der Waals surface area contributed by atoms with Crippen LogP contribution in [0.3, 0.4) is 0 Å². The zero-order valence-electron chi connectivity index (χ0n) is 20.8. The van der Waals surface area contributed by atoms with E-state index in [1.165, 1.54) is 42.8 Å². The van der Waals surface area contributed by atoms with Crippen LogP contribution in [0.2, 0.25) is 0 Å². The van der Waals surface area contributed by atoms with Crippen LogP contribution < -0.4 is 0 Å². The predicted octanol–water partition coefficient (Wildman–Crippen LogP) is 5.64. The van der Waals surface area contributed by atoms with E-state index in [2.05, 4.69) is 10.3 Å². The van der Waals surface area contributed by atoms with Gasteiger partial charge in [-0.15, -0.1) is 5.11 Å². The molecule has 0 aromatic heterocycles. The largest absolute Gasteiger partial charge is 0.278 e. The van der Waals surface area contributed by atoms with Gasteiger partial charge in [0.15, 0.2) is 0 Å². The van der Waals surface area contributed by atoms with Gasteiger partial charge in [-0.2, -0.15) is 4.31 Å². The molecule has 1 aliphatic rings. The molecule has 1 heterocycles. The summed E-state index contributed by atoms with van der Waals surface area (Å²) in [5.74, 6) is -1.96. The zero-order chi connectivity index (χ0) is 26.8. The summed E-state index contributed by atoms with van der Waals surface area (Å²) in [4.78, 5) is 26.0. The molecular formula is C29H28N4O4S. The Morgan fingerprint density at radius 1 is 0.711 bits per heavy atom. The van der Waals surface area contributed by atoms with Crippen LogP contribution in [-0.2, 0) is 19.6 Å². The highest BCUT2D eigenvalue weighted by molar-refractivity contribution is 7.90. The zero-order valence-corrected chi connectivity index (χ0v) is 21.6. The highest BCUT2D eigenvalue weighted by Gasteiger charge is 2.33. The summed E-state index contributed by atoms with van der Waals surface area (Å²) in [5, 5.41) is 10.3. The van der Waals surface area contributed by atoms with Crippen molar-refractivity contribution in [1.29, 1.82) is 0 Å². The maximum atomic E-state index is 13.5. The minimum absolute atomic E-state index is 0.211. The van der Waals surface area contributed by atoms with E-state index in [1.54, 1.807) is 48.5 Å². The molecule has 0 atom stereocenters. The van der Waals surface area contributed by atoms with Crippen LogP contribution in [0.15, 0.2) is 112 Å². The Bertz CT molecular complexity index is 1370. The van der Waals surface area contributed by atoms with E-state index >= 15 is 0 Å². The molecule has 4 rings (SSSR count). The summed E-state index contributed by atoms with van der Waals surface area (Å²) in [7, 11) is -4.51. The fourth-order valence-corrected chi connectivity index (χ4v) is 5.10. The van der Waals surface area contributed by atoms with Gasteiger partial charge in [0, 0.05) is 25.2 Å². The third-order valence-electron chi connectivity index (χ3n) is 5.83. The lowest BCUT2D eigenvalue weighted by molar-refractivity contribution is -0.132. The first-order chi connectivity index (χ1) is 18.4. The Balaban J connectivity index is 1.59. The van der Waals surface area contributed by atoms with Crippen LogP contribution in [0.4, 0.5) is 5.69 Å². The molecule has 0 spiro atoms. The second-order valence-electron chi connectivity index (χ2n) is 8.63. The molecular weight excluding hydrogens is 500 g/mol. The molecule has 1 fully saturated rings. The molecule has 2 amide bonds. The second kappa shape index (κ2) is 12.7. The third kappa shape index (κ3) is 7.10. The number of benzene rings is 3. The van der Waals surface area contributed by atoms with Gasteiger partial charge in [0.25, 0.3) is 21.8 Å². The van der Waals surface area contributed by atoms with Crippen molar-refractivity contribution in [2.45, 2.75) is 24.2 Å². The van der Waals surface area contributed by atoms with Gasteiger partial charge in [0.2, 0.25) is 0 Å². The SMILES string of the molecule is O=C(/C=C\c1ccccc1)N(C(=O)/C=C/c1ccccc1)S(=O)(=O)c1ccc(N=NN2CCCCC2)cc1. The fraction of sp³-hybridized carbons (Fsp3) is 0.172. The van der Waals surface area contributed by atoms with Gasteiger partial charge in [-0.25, -0.2) is 8.42 Å². The predicted molar refractivity (Wildman–Crippen MR) is 146 cm³/mol. The Morgan fingerprint density at radius 2 is 1.21 bits per heavy atom. The Hall–Kier alpha value is -4.37. The molecule has 3 aromatic rings. The number of carbonyl (C=O) groups excluding carboxylic acids is 2. The topological polar surface area (TPSA) is 99.5 Å². The van der Waals surface area contributed by atoms with Crippen LogP contribution in [0.5, 0.6) is 0 Å². The molecule has 0 N–H and O–H groups in total. The van der Waals surface area contributed by atoms with Crippen molar-refractivity contribution in [1.82, 2.24) is 9.31 Å². The molecule has 8 nitrogen and oxygen atoms in total. The normalized spacial score (nSPS) is 14.4. The second-order valence-corrected chi connectivity index (χ2v) is 10.4. The molecule has 3 aromatic carbocycles. The van der Waals surface area contributed by atoms with E-state index in [9.17, 15) is 18.0 Å². The highest BCUT2D eigenvalue weighted by atomic mass is 32.2. The number of piperidine rings is 1. The van der Waals surface area contributed by atoms with Crippen LogP contribution in [-0.4, -0.2) is 42.6 Å². The highest BCUT2D eigenvalue weighted by Crippen LogP contribution is 2.22. The van der Waals surface area contributed by atoms with Crippen LogP contribution >= 0.6 is 0 Å². The summed E-state index contributed by atoms with van der Waals surface area (Å²) in [6.07, 6.45) is 8.36. The lowest BCUT2D eigenvalue weighted by atomic mass is 10.2. The van der Waals surface area contributed by atoms with Crippen LogP contribution in [0, 0.1) is 0 Å². The Morgan fingerprint density at radius 3 is 1.71 bits per heavy atom. The average Bonchev–Trinajstić information content (AvgIpc) is 2.96. The molecule has 0 aliphatic carbocycles. The van der Waals surface area contributed by atoms with Crippen LogP contribution in [0.1, 0.15) is 30.4 Å². The summed E-state index contributed by atoms with van der Waals surface area (Å²) < 4.78 is 27.3. The molecule has 0 bridgehead atoms. The number of sulfonamides is 1. The van der Waals surface area contributed by atoms with E-state index in [4.69, 9.17) is 0 Å². The van der Waals surface area contributed by atoms with E-state index in [0.29, 0.717) is 16.8 Å².